The van der Waals surface area contributed by atoms with Crippen molar-refractivity contribution in [1.29, 1.82) is 0 Å². The fourth-order valence-corrected chi connectivity index (χ4v) is 3.36. The minimum atomic E-state index is -1.09. The maximum atomic E-state index is 11.9. The van der Waals surface area contributed by atoms with Crippen LogP contribution in [0.1, 0.15) is 37.3 Å². The van der Waals surface area contributed by atoms with Gasteiger partial charge >= 0.3 is 6.03 Å². The molecule has 0 aliphatic heterocycles. The smallest absolute Gasteiger partial charge is 0.321 e. The van der Waals surface area contributed by atoms with Crippen LogP contribution >= 0.6 is 22.7 Å². The molecule has 0 fully saturated rings. The molecule has 3 N–H and O–H groups in total. The van der Waals surface area contributed by atoms with Crippen molar-refractivity contribution >= 4 is 33.8 Å². The number of aliphatic hydroxyl groups is 1. The van der Waals surface area contributed by atoms with E-state index in [9.17, 15) is 9.90 Å². The quantitative estimate of drug-likeness (QED) is 0.723. The molecule has 0 aliphatic rings. The van der Waals surface area contributed by atoms with Gasteiger partial charge in [-0.1, -0.05) is 24.7 Å². The summed E-state index contributed by atoms with van der Waals surface area (Å²) >= 11 is 2.88. The molecule has 1 unspecified atom stereocenters. The zero-order valence-corrected chi connectivity index (χ0v) is 14.3. The van der Waals surface area contributed by atoms with Gasteiger partial charge in [-0.2, -0.15) is 11.3 Å². The Balaban J connectivity index is 1.81. The van der Waals surface area contributed by atoms with Gasteiger partial charge in [0, 0.05) is 6.42 Å². The van der Waals surface area contributed by atoms with Gasteiger partial charge < -0.3 is 10.4 Å². The maximum Gasteiger partial charge on any atom is 0.321 e. The Bertz CT molecular complexity index is 596. The van der Waals surface area contributed by atoms with E-state index >= 15 is 0 Å². The third-order valence-electron chi connectivity index (χ3n) is 3.17. The largest absolute Gasteiger partial charge is 0.384 e. The second-order valence-corrected chi connectivity index (χ2v) is 7.04. The predicted molar refractivity (Wildman–Crippen MR) is 89.4 cm³/mol. The van der Waals surface area contributed by atoms with Crippen LogP contribution in [0.5, 0.6) is 0 Å². The van der Waals surface area contributed by atoms with E-state index in [1.54, 1.807) is 6.92 Å². The van der Waals surface area contributed by atoms with Crippen LogP contribution in [0.25, 0.3) is 0 Å². The van der Waals surface area contributed by atoms with Crippen LogP contribution in [0.2, 0.25) is 0 Å². The van der Waals surface area contributed by atoms with Crippen molar-refractivity contribution in [3.63, 3.8) is 0 Å². The van der Waals surface area contributed by atoms with Crippen molar-refractivity contribution in [2.75, 3.05) is 11.9 Å². The highest BCUT2D eigenvalue weighted by Gasteiger charge is 2.24. The van der Waals surface area contributed by atoms with Gasteiger partial charge in [0.2, 0.25) is 5.13 Å². The fraction of sp³-hybridized carbons (Fsp3) is 0.500. The number of rotatable bonds is 7. The molecule has 6 nitrogen and oxygen atoms in total. The van der Waals surface area contributed by atoms with Crippen molar-refractivity contribution in [3.8, 4) is 0 Å². The van der Waals surface area contributed by atoms with Crippen LogP contribution < -0.4 is 10.6 Å². The van der Waals surface area contributed by atoms with E-state index in [-0.39, 0.29) is 6.54 Å². The average molecular weight is 340 g/mol. The van der Waals surface area contributed by atoms with Crippen LogP contribution in [0, 0.1) is 0 Å². The third kappa shape index (κ3) is 4.75. The molecule has 0 radical (unpaired) electrons. The van der Waals surface area contributed by atoms with Gasteiger partial charge in [-0.15, -0.1) is 10.2 Å². The molecule has 2 heterocycles. The number of nitrogens with zero attached hydrogens (tertiary/aromatic N) is 2. The van der Waals surface area contributed by atoms with Crippen molar-refractivity contribution in [2.45, 2.75) is 38.7 Å². The standard InChI is InChI=1S/C14H20N4O2S2/c1-3-4-5-11-17-18-13(22-11)16-12(19)15-9-14(2,20)10-6-7-21-8-10/h6-8,20H,3-5,9H2,1-2H3,(H2,15,16,18,19). The van der Waals surface area contributed by atoms with E-state index in [2.05, 4.69) is 27.8 Å². The van der Waals surface area contributed by atoms with Crippen LogP contribution in [0.4, 0.5) is 9.93 Å². The van der Waals surface area contributed by atoms with Gasteiger partial charge in [0.05, 0.1) is 6.54 Å². The van der Waals surface area contributed by atoms with Gasteiger partial charge in [0.1, 0.15) is 10.6 Å². The molecule has 2 amide bonds. The van der Waals surface area contributed by atoms with Crippen molar-refractivity contribution in [3.05, 3.63) is 27.4 Å². The second kappa shape index (κ2) is 7.66. The lowest BCUT2D eigenvalue weighted by Gasteiger charge is -2.22. The number of aryl methyl sites for hydroxylation is 1. The van der Waals surface area contributed by atoms with E-state index in [4.69, 9.17) is 0 Å². The zero-order chi connectivity index (χ0) is 16.0. The molecule has 22 heavy (non-hydrogen) atoms. The molecular formula is C14H20N4O2S2. The Morgan fingerprint density at radius 1 is 1.45 bits per heavy atom. The molecule has 2 rings (SSSR count). The summed E-state index contributed by atoms with van der Waals surface area (Å²) in [6.07, 6.45) is 3.04. The fourth-order valence-electron chi connectivity index (χ4n) is 1.80. The summed E-state index contributed by atoms with van der Waals surface area (Å²) in [4.78, 5) is 11.9. The van der Waals surface area contributed by atoms with E-state index in [1.807, 2.05) is 16.8 Å². The van der Waals surface area contributed by atoms with E-state index in [1.165, 1.54) is 22.7 Å². The highest BCUT2D eigenvalue weighted by molar-refractivity contribution is 7.15. The number of hydrogen-bond acceptors (Lipinski definition) is 6. The van der Waals surface area contributed by atoms with Gasteiger partial charge in [0.15, 0.2) is 0 Å². The summed E-state index contributed by atoms with van der Waals surface area (Å²) in [6, 6.07) is 1.45. The highest BCUT2D eigenvalue weighted by Crippen LogP contribution is 2.22. The topological polar surface area (TPSA) is 87.1 Å². The number of urea groups is 1. The molecule has 8 heteroatoms. The van der Waals surface area contributed by atoms with Crippen LogP contribution in [-0.2, 0) is 12.0 Å². The van der Waals surface area contributed by atoms with Gasteiger partial charge in [0.25, 0.3) is 0 Å². The van der Waals surface area contributed by atoms with Crippen LogP contribution in [0.3, 0.4) is 0 Å². The van der Waals surface area contributed by atoms with E-state index < -0.39 is 11.6 Å². The molecule has 0 saturated heterocycles. The molecule has 0 bridgehead atoms. The normalized spacial score (nSPS) is 13.6. The Morgan fingerprint density at radius 3 is 2.95 bits per heavy atom. The first-order valence-corrected chi connectivity index (χ1v) is 8.89. The molecule has 2 aromatic heterocycles. The number of amides is 2. The minimum Gasteiger partial charge on any atom is -0.384 e. The summed E-state index contributed by atoms with van der Waals surface area (Å²) in [6.45, 7) is 3.91. The lowest BCUT2D eigenvalue weighted by atomic mass is 9.99. The number of thiophene rings is 1. The highest BCUT2D eigenvalue weighted by atomic mass is 32.1. The molecular weight excluding hydrogens is 320 g/mol. The number of nitrogens with one attached hydrogen (secondary N) is 2. The molecule has 0 spiro atoms. The number of carbonyl (C=O) groups is 1. The minimum absolute atomic E-state index is 0.122. The first kappa shape index (κ1) is 16.9. The Labute approximate surface area is 137 Å². The number of anilines is 1. The van der Waals surface area contributed by atoms with Crippen LogP contribution in [-0.4, -0.2) is 27.9 Å². The maximum absolute atomic E-state index is 11.9. The Hall–Kier alpha value is -1.51. The van der Waals surface area contributed by atoms with Crippen LogP contribution in [0.15, 0.2) is 16.8 Å². The van der Waals surface area contributed by atoms with Gasteiger partial charge in [-0.3, -0.25) is 5.32 Å². The second-order valence-electron chi connectivity index (χ2n) is 5.20. The number of carbonyl (C=O) groups excluding carboxylic acids is 1. The molecule has 0 saturated carbocycles. The summed E-state index contributed by atoms with van der Waals surface area (Å²) in [7, 11) is 0. The lowest BCUT2D eigenvalue weighted by molar-refractivity contribution is 0.0604. The number of aromatic nitrogens is 2. The SMILES string of the molecule is CCCCc1nnc(NC(=O)NCC(C)(O)c2ccsc2)s1. The van der Waals surface area contributed by atoms with Gasteiger partial charge in [-0.25, -0.2) is 4.79 Å². The molecule has 1 atom stereocenters. The predicted octanol–water partition coefficient (Wildman–Crippen LogP) is 2.97. The number of hydrogen-bond donors (Lipinski definition) is 3. The van der Waals surface area contributed by atoms with E-state index in [0.717, 1.165) is 29.8 Å². The first-order chi connectivity index (χ1) is 10.5. The lowest BCUT2D eigenvalue weighted by Crippen LogP contribution is -2.40. The summed E-state index contributed by atoms with van der Waals surface area (Å²) in [5, 5.41) is 28.7. The molecule has 2 aromatic rings. The molecule has 0 aromatic carbocycles. The summed E-state index contributed by atoms with van der Waals surface area (Å²) in [5.41, 5.74) is -0.305. The first-order valence-electron chi connectivity index (χ1n) is 7.13. The third-order valence-corrected chi connectivity index (χ3v) is 4.75. The zero-order valence-electron chi connectivity index (χ0n) is 12.6. The summed E-state index contributed by atoms with van der Waals surface area (Å²) in [5.74, 6) is 0. The Kier molecular flexibility index (Phi) is 5.87. The van der Waals surface area contributed by atoms with Crippen molar-refractivity contribution in [1.82, 2.24) is 15.5 Å². The molecule has 0 aliphatic carbocycles. The average Bonchev–Trinajstić information content (AvgIpc) is 3.15. The van der Waals surface area contributed by atoms with E-state index in [0.29, 0.717) is 5.13 Å². The monoisotopic (exact) mass is 340 g/mol. The number of unbranched alkanes of at least 4 members (excludes halogenated alkanes) is 1. The molecule has 120 valence electrons. The van der Waals surface area contributed by atoms with Crippen molar-refractivity contribution in [2.24, 2.45) is 0 Å². The summed E-state index contributed by atoms with van der Waals surface area (Å²) < 4.78 is 0. The van der Waals surface area contributed by atoms with Crippen molar-refractivity contribution < 1.29 is 9.90 Å². The Morgan fingerprint density at radius 2 is 2.27 bits per heavy atom. The van der Waals surface area contributed by atoms with Gasteiger partial charge in [-0.05, 0) is 35.7 Å².